The van der Waals surface area contributed by atoms with E-state index in [0.29, 0.717) is 6.04 Å². The van der Waals surface area contributed by atoms with Crippen molar-refractivity contribution < 1.29 is 4.79 Å². The molecule has 3 aliphatic heterocycles. The summed E-state index contributed by atoms with van der Waals surface area (Å²) in [5, 5.41) is 2.08. The van der Waals surface area contributed by atoms with E-state index in [1.54, 1.807) is 0 Å². The highest BCUT2D eigenvalue weighted by Crippen LogP contribution is 2.40. The number of likely N-dealkylation sites (tertiary alicyclic amines) is 1. The summed E-state index contributed by atoms with van der Waals surface area (Å²) in [5.41, 5.74) is 5.40. The molecule has 0 spiro atoms. The first-order chi connectivity index (χ1) is 12.4. The normalized spacial score (nSPS) is 30.9. The molecule has 0 saturated carbocycles. The molecule has 5 nitrogen and oxygen atoms in total. The first-order valence-electron chi connectivity index (χ1n) is 10.0. The van der Waals surface area contributed by atoms with Crippen molar-refractivity contribution in [2.75, 3.05) is 38.2 Å². The van der Waals surface area contributed by atoms with Gasteiger partial charge in [0.2, 0.25) is 0 Å². The van der Waals surface area contributed by atoms with Gasteiger partial charge in [0.25, 0.3) is 5.91 Å². The molecule has 142 valence electrons. The summed E-state index contributed by atoms with van der Waals surface area (Å²) in [5.74, 6) is 0.162. The van der Waals surface area contributed by atoms with Crippen LogP contribution in [-0.2, 0) is 10.2 Å². The summed E-state index contributed by atoms with van der Waals surface area (Å²) >= 11 is 0. The maximum atomic E-state index is 13.6. The van der Waals surface area contributed by atoms with Crippen molar-refractivity contribution >= 4 is 11.6 Å². The number of nitrogens with one attached hydrogen (secondary N) is 1. The molecule has 2 fully saturated rings. The molecule has 4 rings (SSSR count). The van der Waals surface area contributed by atoms with Crippen LogP contribution in [0.4, 0.5) is 5.69 Å². The summed E-state index contributed by atoms with van der Waals surface area (Å²) < 4.78 is 0. The molecule has 26 heavy (non-hydrogen) atoms. The SMILES string of the molecule is CCN1CC2CCCC(C(=O)NN3CC(C)(C)c4ccccc43)(C1)N2C. The number of likely N-dealkylation sites (N-methyl/N-ethyl adjacent to an activating group) is 2. The number of carbonyl (C=O) groups excluding carboxylic acids is 1. The number of benzene rings is 1. The summed E-state index contributed by atoms with van der Waals surface area (Å²) in [6, 6.07) is 8.94. The minimum Gasteiger partial charge on any atom is -0.300 e. The zero-order chi connectivity index (χ0) is 18.5. The lowest BCUT2D eigenvalue weighted by molar-refractivity contribution is -0.145. The number of anilines is 1. The molecular formula is C21H32N4O. The molecule has 2 saturated heterocycles. The monoisotopic (exact) mass is 356 g/mol. The number of carbonyl (C=O) groups is 1. The number of fused-ring (bicyclic) bond motifs is 3. The van der Waals surface area contributed by atoms with Crippen molar-refractivity contribution in [3.63, 3.8) is 0 Å². The molecule has 2 bridgehead atoms. The number of piperazine rings is 1. The van der Waals surface area contributed by atoms with E-state index in [0.717, 1.165) is 44.7 Å². The van der Waals surface area contributed by atoms with Gasteiger partial charge >= 0.3 is 0 Å². The van der Waals surface area contributed by atoms with Crippen LogP contribution in [0, 0.1) is 0 Å². The molecule has 1 aromatic rings. The van der Waals surface area contributed by atoms with Gasteiger partial charge in [-0.1, -0.05) is 39.0 Å². The Labute approximate surface area is 157 Å². The quantitative estimate of drug-likeness (QED) is 0.903. The number of piperidine rings is 1. The minimum atomic E-state index is -0.404. The van der Waals surface area contributed by atoms with Crippen LogP contribution in [0.5, 0.6) is 0 Å². The lowest BCUT2D eigenvalue weighted by Gasteiger charge is -2.55. The van der Waals surface area contributed by atoms with Crippen molar-refractivity contribution in [3.8, 4) is 0 Å². The Bertz CT molecular complexity index is 703. The molecular weight excluding hydrogens is 324 g/mol. The van der Waals surface area contributed by atoms with Gasteiger partial charge < -0.3 is 0 Å². The molecule has 1 amide bonds. The van der Waals surface area contributed by atoms with Gasteiger partial charge in [-0.15, -0.1) is 0 Å². The molecule has 0 aliphatic carbocycles. The summed E-state index contributed by atoms with van der Waals surface area (Å²) in [7, 11) is 2.15. The fourth-order valence-corrected chi connectivity index (χ4v) is 5.25. The highest BCUT2D eigenvalue weighted by Gasteiger charge is 2.52. The topological polar surface area (TPSA) is 38.8 Å². The fraction of sp³-hybridized carbons (Fsp3) is 0.667. The second-order valence-corrected chi connectivity index (χ2v) is 8.94. The van der Waals surface area contributed by atoms with Crippen molar-refractivity contribution in [2.45, 2.75) is 57.0 Å². The van der Waals surface area contributed by atoms with Gasteiger partial charge in [0.05, 0.1) is 5.69 Å². The fourth-order valence-electron chi connectivity index (χ4n) is 5.25. The maximum Gasteiger partial charge on any atom is 0.260 e. The number of nitrogens with zero attached hydrogens (tertiary/aromatic N) is 3. The summed E-state index contributed by atoms with van der Waals surface area (Å²) in [6.07, 6.45) is 3.28. The third-order valence-electron chi connectivity index (χ3n) is 6.89. The number of amides is 1. The highest BCUT2D eigenvalue weighted by atomic mass is 16.2. The van der Waals surface area contributed by atoms with Gasteiger partial charge in [-0.25, -0.2) is 0 Å². The second kappa shape index (κ2) is 6.24. The van der Waals surface area contributed by atoms with E-state index >= 15 is 0 Å². The lowest BCUT2D eigenvalue weighted by atomic mass is 9.79. The van der Waals surface area contributed by atoms with Gasteiger partial charge in [0.15, 0.2) is 0 Å². The number of hydrogen-bond donors (Lipinski definition) is 1. The largest absolute Gasteiger partial charge is 0.300 e. The minimum absolute atomic E-state index is 0.0462. The van der Waals surface area contributed by atoms with Crippen LogP contribution in [0.3, 0.4) is 0 Å². The van der Waals surface area contributed by atoms with Crippen molar-refractivity contribution in [1.29, 1.82) is 0 Å². The van der Waals surface area contributed by atoms with Gasteiger partial charge in [-0.3, -0.25) is 25.0 Å². The lowest BCUT2D eigenvalue weighted by Crippen LogP contribution is -2.73. The molecule has 0 aromatic heterocycles. The smallest absolute Gasteiger partial charge is 0.260 e. The van der Waals surface area contributed by atoms with Crippen molar-refractivity contribution in [2.24, 2.45) is 0 Å². The molecule has 2 unspecified atom stereocenters. The van der Waals surface area contributed by atoms with E-state index in [9.17, 15) is 4.79 Å². The van der Waals surface area contributed by atoms with E-state index in [1.807, 2.05) is 0 Å². The first-order valence-corrected chi connectivity index (χ1v) is 10.0. The van der Waals surface area contributed by atoms with E-state index in [2.05, 4.69) is 72.3 Å². The van der Waals surface area contributed by atoms with E-state index in [1.165, 1.54) is 12.0 Å². The van der Waals surface area contributed by atoms with Gasteiger partial charge in [0, 0.05) is 31.1 Å². The van der Waals surface area contributed by atoms with Crippen molar-refractivity contribution in [3.05, 3.63) is 29.8 Å². The van der Waals surface area contributed by atoms with Crippen LogP contribution in [0.25, 0.3) is 0 Å². The van der Waals surface area contributed by atoms with E-state index in [-0.39, 0.29) is 11.3 Å². The molecule has 5 heteroatoms. The predicted molar refractivity (Wildman–Crippen MR) is 105 cm³/mol. The zero-order valence-corrected chi connectivity index (χ0v) is 16.6. The first kappa shape index (κ1) is 17.8. The van der Waals surface area contributed by atoms with E-state index < -0.39 is 5.54 Å². The third kappa shape index (κ3) is 2.64. The molecule has 0 radical (unpaired) electrons. The highest BCUT2D eigenvalue weighted by molar-refractivity contribution is 5.89. The van der Waals surface area contributed by atoms with Gasteiger partial charge in [-0.05, 0) is 44.5 Å². The van der Waals surface area contributed by atoms with E-state index in [4.69, 9.17) is 0 Å². The van der Waals surface area contributed by atoms with Crippen molar-refractivity contribution in [1.82, 2.24) is 15.2 Å². The number of para-hydroxylation sites is 1. The van der Waals surface area contributed by atoms with Crippen LogP contribution < -0.4 is 10.4 Å². The summed E-state index contributed by atoms with van der Waals surface area (Å²) in [6.45, 7) is 10.4. The van der Waals surface area contributed by atoms with Gasteiger partial charge in [-0.2, -0.15) is 0 Å². The van der Waals surface area contributed by atoms with Crippen LogP contribution in [-0.4, -0.2) is 60.5 Å². The Balaban J connectivity index is 1.60. The number of hydrogen-bond acceptors (Lipinski definition) is 4. The molecule has 3 heterocycles. The number of hydrazine groups is 1. The molecule has 1 aromatic carbocycles. The third-order valence-corrected chi connectivity index (χ3v) is 6.89. The molecule has 1 N–H and O–H groups in total. The van der Waals surface area contributed by atoms with Crippen LogP contribution in [0.1, 0.15) is 45.6 Å². The molecule has 3 aliphatic rings. The Kier molecular flexibility index (Phi) is 4.27. The Morgan fingerprint density at radius 2 is 2.04 bits per heavy atom. The Morgan fingerprint density at radius 1 is 1.27 bits per heavy atom. The van der Waals surface area contributed by atoms with Crippen LogP contribution in [0.2, 0.25) is 0 Å². The number of rotatable bonds is 3. The molecule has 2 atom stereocenters. The zero-order valence-electron chi connectivity index (χ0n) is 16.6. The Hall–Kier alpha value is -1.59. The summed E-state index contributed by atoms with van der Waals surface area (Å²) in [4.78, 5) is 18.4. The standard InChI is InChI=1S/C21H32N4O/c1-5-24-13-16-9-8-12-21(15-24,23(16)4)19(26)22-25-14-20(2,3)17-10-6-7-11-18(17)25/h6-7,10-11,16H,5,8-9,12-15H2,1-4H3,(H,22,26). The second-order valence-electron chi connectivity index (χ2n) is 8.94. The predicted octanol–water partition coefficient (Wildman–Crippen LogP) is 2.37. The maximum absolute atomic E-state index is 13.6. The average molecular weight is 357 g/mol. The van der Waals surface area contributed by atoms with Crippen LogP contribution in [0.15, 0.2) is 24.3 Å². The Morgan fingerprint density at radius 3 is 2.81 bits per heavy atom. The van der Waals surface area contributed by atoms with Crippen LogP contribution >= 0.6 is 0 Å². The average Bonchev–Trinajstić information content (AvgIpc) is 2.86. The van der Waals surface area contributed by atoms with Gasteiger partial charge in [0.1, 0.15) is 5.54 Å².